The monoisotopic (exact) mass is 498 g/mol. The van der Waals surface area contributed by atoms with Gasteiger partial charge in [0.2, 0.25) is 5.91 Å². The van der Waals surface area contributed by atoms with Crippen LogP contribution in [0.4, 0.5) is 11.4 Å². The third-order valence-corrected chi connectivity index (χ3v) is 6.48. The third kappa shape index (κ3) is 5.70. The van der Waals surface area contributed by atoms with Crippen molar-refractivity contribution < 1.29 is 14.7 Å². The van der Waals surface area contributed by atoms with E-state index >= 15 is 0 Å². The number of aliphatic hydroxyl groups excluding tert-OH is 1. The maximum atomic E-state index is 13.6. The van der Waals surface area contributed by atoms with Crippen LogP contribution in [0.25, 0.3) is 10.8 Å². The molecule has 3 aromatic carbocycles. The summed E-state index contributed by atoms with van der Waals surface area (Å²) in [7, 11) is 0. The minimum atomic E-state index is -0.894. The number of aldehydes is 1. The maximum absolute atomic E-state index is 13.6. The molecule has 0 aliphatic heterocycles. The highest BCUT2D eigenvalue weighted by Gasteiger charge is 2.25. The number of aromatic amines is 1. The molecule has 0 spiro atoms. The highest BCUT2D eigenvalue weighted by Crippen LogP contribution is 2.27. The number of amides is 1. The first kappa shape index (κ1) is 25.7. The number of aryl methyl sites for hydroxylation is 1. The van der Waals surface area contributed by atoms with Gasteiger partial charge in [-0.05, 0) is 64.9 Å². The van der Waals surface area contributed by atoms with E-state index in [1.54, 1.807) is 54.7 Å². The zero-order valence-corrected chi connectivity index (χ0v) is 20.7. The van der Waals surface area contributed by atoms with Crippen LogP contribution in [0.5, 0.6) is 0 Å². The Bertz CT molecular complexity index is 1500. The van der Waals surface area contributed by atoms with Gasteiger partial charge in [-0.15, -0.1) is 0 Å². The smallest absolute Gasteiger partial charge is 0.255 e. The Labute approximate surface area is 214 Å². The number of rotatable bonds is 9. The van der Waals surface area contributed by atoms with Crippen LogP contribution in [0.3, 0.4) is 0 Å². The summed E-state index contributed by atoms with van der Waals surface area (Å²) in [5.41, 5.74) is 9.84. The summed E-state index contributed by atoms with van der Waals surface area (Å²) in [6.07, 6.45) is 2.25. The van der Waals surface area contributed by atoms with Crippen molar-refractivity contribution in [3.8, 4) is 0 Å². The molecule has 0 radical (unpaired) electrons. The molecule has 4 aromatic rings. The Morgan fingerprint density at radius 1 is 1.08 bits per heavy atom. The van der Waals surface area contributed by atoms with Crippen molar-refractivity contribution in [2.24, 2.45) is 0 Å². The summed E-state index contributed by atoms with van der Waals surface area (Å²) in [5, 5.41) is 16.9. The number of anilines is 2. The number of carbonyl (C=O) groups excluding carboxylic acids is 2. The number of benzene rings is 3. The van der Waals surface area contributed by atoms with Gasteiger partial charge in [-0.25, -0.2) is 0 Å². The summed E-state index contributed by atoms with van der Waals surface area (Å²) in [6.45, 7) is 3.86. The Balaban J connectivity index is 1.71. The predicted molar refractivity (Wildman–Crippen MR) is 145 cm³/mol. The Morgan fingerprint density at radius 3 is 2.59 bits per heavy atom. The van der Waals surface area contributed by atoms with E-state index in [9.17, 15) is 19.5 Å². The molecule has 0 saturated heterocycles. The van der Waals surface area contributed by atoms with Gasteiger partial charge in [0.1, 0.15) is 18.4 Å². The van der Waals surface area contributed by atoms with Gasteiger partial charge in [-0.2, -0.15) is 0 Å². The standard InChI is InChI=1S/C29H30N4O4/c1-17-12-21(7-9-24(17)18(2)15-34)27(29(37)33-26(16-35)20-4-3-5-22(30)13-20)32-23-8-6-19-10-11-31-28(36)25(19)14-23/h3-14,16,18,26-27,32,34H,15,30H2,1-2H3,(H,31,36)(H,33,37)/t18-,26+,27?/m0/s1. The van der Waals surface area contributed by atoms with Crippen LogP contribution >= 0.6 is 0 Å². The first-order chi connectivity index (χ1) is 17.8. The lowest BCUT2D eigenvalue weighted by Crippen LogP contribution is -2.37. The van der Waals surface area contributed by atoms with E-state index < -0.39 is 18.0 Å². The van der Waals surface area contributed by atoms with Gasteiger partial charge in [0, 0.05) is 35.5 Å². The van der Waals surface area contributed by atoms with E-state index in [4.69, 9.17) is 5.73 Å². The number of nitrogens with two attached hydrogens (primary N) is 1. The average Bonchev–Trinajstić information content (AvgIpc) is 2.90. The molecular formula is C29H30N4O4. The number of aromatic nitrogens is 1. The highest BCUT2D eigenvalue weighted by atomic mass is 16.3. The third-order valence-electron chi connectivity index (χ3n) is 6.48. The van der Waals surface area contributed by atoms with Gasteiger partial charge >= 0.3 is 0 Å². The van der Waals surface area contributed by atoms with Gasteiger partial charge in [0.25, 0.3) is 5.56 Å². The molecule has 0 fully saturated rings. The molecule has 3 atom stereocenters. The number of carbonyl (C=O) groups is 2. The van der Waals surface area contributed by atoms with E-state index in [-0.39, 0.29) is 18.1 Å². The number of hydrogen-bond acceptors (Lipinski definition) is 6. The normalized spacial score (nSPS) is 13.5. The number of pyridine rings is 1. The molecule has 0 bridgehead atoms. The average molecular weight is 499 g/mol. The van der Waals surface area contributed by atoms with Crippen LogP contribution in [-0.4, -0.2) is 28.9 Å². The Morgan fingerprint density at radius 2 is 1.89 bits per heavy atom. The number of nitrogen functional groups attached to an aromatic ring is 1. The minimum absolute atomic E-state index is 0.00914. The maximum Gasteiger partial charge on any atom is 0.255 e. The molecule has 190 valence electrons. The van der Waals surface area contributed by atoms with E-state index in [1.807, 2.05) is 32.0 Å². The molecule has 8 nitrogen and oxygen atoms in total. The molecule has 1 heterocycles. The Kier molecular flexibility index (Phi) is 7.69. The molecule has 37 heavy (non-hydrogen) atoms. The number of aliphatic hydroxyl groups is 1. The molecule has 4 rings (SSSR count). The second-order valence-corrected chi connectivity index (χ2v) is 9.18. The van der Waals surface area contributed by atoms with Crippen molar-refractivity contribution in [3.63, 3.8) is 0 Å². The molecule has 1 amide bonds. The lowest BCUT2D eigenvalue weighted by Gasteiger charge is -2.24. The van der Waals surface area contributed by atoms with Crippen LogP contribution in [-0.2, 0) is 9.59 Å². The van der Waals surface area contributed by atoms with E-state index in [1.165, 1.54) is 0 Å². The molecule has 1 unspecified atom stereocenters. The fourth-order valence-electron chi connectivity index (χ4n) is 4.45. The molecule has 0 aliphatic rings. The van der Waals surface area contributed by atoms with E-state index in [0.29, 0.717) is 34.2 Å². The zero-order valence-electron chi connectivity index (χ0n) is 20.7. The quantitative estimate of drug-likeness (QED) is 0.176. The van der Waals surface area contributed by atoms with Gasteiger partial charge < -0.3 is 31.3 Å². The summed E-state index contributed by atoms with van der Waals surface area (Å²) < 4.78 is 0. The molecular weight excluding hydrogens is 468 g/mol. The largest absolute Gasteiger partial charge is 0.399 e. The SMILES string of the molecule is Cc1cc(C(Nc2ccc3cc[nH]c(=O)c3c2)C(=O)N[C@H](C=O)c2cccc(N)c2)ccc1[C@@H](C)CO. The fourth-order valence-corrected chi connectivity index (χ4v) is 4.45. The van der Waals surface area contributed by atoms with Crippen molar-refractivity contribution >= 4 is 34.3 Å². The Hall–Kier alpha value is -4.43. The summed E-state index contributed by atoms with van der Waals surface area (Å²) >= 11 is 0. The number of fused-ring (bicyclic) bond motifs is 1. The van der Waals surface area contributed by atoms with Crippen molar-refractivity contribution in [1.82, 2.24) is 10.3 Å². The van der Waals surface area contributed by atoms with Crippen LogP contribution < -0.4 is 21.9 Å². The van der Waals surface area contributed by atoms with E-state index in [2.05, 4.69) is 15.6 Å². The topological polar surface area (TPSA) is 137 Å². The number of hydrogen-bond donors (Lipinski definition) is 5. The molecule has 8 heteroatoms. The molecule has 0 saturated carbocycles. The second-order valence-electron chi connectivity index (χ2n) is 9.18. The first-order valence-corrected chi connectivity index (χ1v) is 12.0. The summed E-state index contributed by atoms with van der Waals surface area (Å²) in [5.74, 6) is -0.478. The number of H-pyrrole nitrogens is 1. The molecule has 0 aliphatic carbocycles. The number of nitrogens with one attached hydrogen (secondary N) is 3. The van der Waals surface area contributed by atoms with Gasteiger partial charge in [-0.1, -0.05) is 43.3 Å². The van der Waals surface area contributed by atoms with Gasteiger partial charge in [0.15, 0.2) is 0 Å². The first-order valence-electron chi connectivity index (χ1n) is 12.0. The summed E-state index contributed by atoms with van der Waals surface area (Å²) in [6, 6.07) is 17.7. The second kappa shape index (κ2) is 11.1. The molecule has 1 aromatic heterocycles. The van der Waals surface area contributed by atoms with Crippen LogP contribution in [0.1, 0.15) is 47.2 Å². The van der Waals surface area contributed by atoms with E-state index in [0.717, 1.165) is 16.5 Å². The fraction of sp³-hybridized carbons (Fsp3) is 0.207. The van der Waals surface area contributed by atoms with Gasteiger partial charge in [0.05, 0.1) is 0 Å². The minimum Gasteiger partial charge on any atom is -0.399 e. The predicted octanol–water partition coefficient (Wildman–Crippen LogP) is 3.72. The summed E-state index contributed by atoms with van der Waals surface area (Å²) in [4.78, 5) is 40.5. The lowest BCUT2D eigenvalue weighted by atomic mass is 9.93. The van der Waals surface area contributed by atoms with Crippen molar-refractivity contribution in [2.45, 2.75) is 31.8 Å². The van der Waals surface area contributed by atoms with Crippen LogP contribution in [0.15, 0.2) is 77.7 Å². The van der Waals surface area contributed by atoms with Crippen molar-refractivity contribution in [2.75, 3.05) is 17.7 Å². The van der Waals surface area contributed by atoms with Gasteiger partial charge in [-0.3, -0.25) is 9.59 Å². The highest BCUT2D eigenvalue weighted by molar-refractivity contribution is 5.90. The molecule has 6 N–H and O–H groups in total. The zero-order chi connectivity index (χ0) is 26.5. The van der Waals surface area contributed by atoms with Crippen molar-refractivity contribution in [1.29, 1.82) is 0 Å². The van der Waals surface area contributed by atoms with Crippen molar-refractivity contribution in [3.05, 3.63) is 106 Å². The van der Waals surface area contributed by atoms with Crippen LogP contribution in [0.2, 0.25) is 0 Å². The lowest BCUT2D eigenvalue weighted by molar-refractivity contribution is -0.124. The van der Waals surface area contributed by atoms with Crippen LogP contribution in [0, 0.1) is 6.92 Å².